The summed E-state index contributed by atoms with van der Waals surface area (Å²) in [7, 11) is -3.74. The van der Waals surface area contributed by atoms with Crippen LogP contribution in [-0.2, 0) is 10.0 Å². The first kappa shape index (κ1) is 18.1. The van der Waals surface area contributed by atoms with Gasteiger partial charge in [-0.05, 0) is 49.7 Å². The predicted octanol–water partition coefficient (Wildman–Crippen LogP) is 3.37. The van der Waals surface area contributed by atoms with E-state index in [1.54, 1.807) is 43.3 Å². The van der Waals surface area contributed by atoms with E-state index in [9.17, 15) is 8.42 Å². The van der Waals surface area contributed by atoms with E-state index in [1.165, 1.54) is 0 Å². The van der Waals surface area contributed by atoms with Crippen LogP contribution in [0.3, 0.4) is 0 Å². The Kier molecular flexibility index (Phi) is 4.52. The lowest BCUT2D eigenvalue weighted by Gasteiger charge is -2.11. The summed E-state index contributed by atoms with van der Waals surface area (Å²) >= 11 is 0. The molecule has 1 aliphatic rings. The highest BCUT2D eigenvalue weighted by Gasteiger charge is 2.18. The Balaban J connectivity index is 1.48. The highest BCUT2D eigenvalue weighted by Crippen LogP contribution is 2.34. The number of ether oxygens (including phenoxy) is 2. The molecule has 2 heterocycles. The number of hydrogen-bond donors (Lipinski definition) is 2. The summed E-state index contributed by atoms with van der Waals surface area (Å²) in [4.78, 5) is 0.211. The number of hydrogen-bond acceptors (Lipinski definition) is 7. The van der Waals surface area contributed by atoms with Gasteiger partial charge in [-0.25, -0.2) is 8.42 Å². The summed E-state index contributed by atoms with van der Waals surface area (Å²) in [5.41, 5.74) is 2.42. The molecular weight excluding hydrogens is 380 g/mol. The van der Waals surface area contributed by atoms with Gasteiger partial charge >= 0.3 is 0 Å². The van der Waals surface area contributed by atoms with Crippen molar-refractivity contribution in [2.75, 3.05) is 16.8 Å². The Hall–Kier alpha value is -3.33. The summed E-state index contributed by atoms with van der Waals surface area (Å²) < 4.78 is 38.3. The van der Waals surface area contributed by atoms with Crippen molar-refractivity contribution < 1.29 is 17.9 Å². The maximum atomic E-state index is 12.6. The summed E-state index contributed by atoms with van der Waals surface area (Å²) in [6.07, 6.45) is 0. The molecule has 9 heteroatoms. The highest BCUT2D eigenvalue weighted by atomic mass is 32.2. The standard InChI is InChI=1S/C19H18N4O4S/c1-12-3-6-17(13(2)9-12)28(24,25)23-19-8-7-18(21-22-19)20-14-4-5-15-16(10-14)27-11-26-15/h3-10H,11H2,1-2H3,(H,20,21)(H,22,23). The van der Waals surface area contributed by atoms with Gasteiger partial charge in [0.1, 0.15) is 0 Å². The molecule has 0 aliphatic carbocycles. The number of nitrogens with zero attached hydrogens (tertiary/aromatic N) is 2. The molecule has 0 saturated heterocycles. The zero-order valence-electron chi connectivity index (χ0n) is 15.3. The minimum atomic E-state index is -3.74. The molecule has 8 nitrogen and oxygen atoms in total. The van der Waals surface area contributed by atoms with Crippen molar-refractivity contribution in [2.45, 2.75) is 18.7 Å². The molecule has 3 aromatic rings. The number of benzene rings is 2. The predicted molar refractivity (Wildman–Crippen MR) is 105 cm³/mol. The monoisotopic (exact) mass is 398 g/mol. The molecule has 2 N–H and O–H groups in total. The van der Waals surface area contributed by atoms with Gasteiger partial charge in [0.05, 0.1) is 4.90 Å². The number of fused-ring (bicyclic) bond motifs is 1. The second-order valence-electron chi connectivity index (χ2n) is 6.37. The van der Waals surface area contributed by atoms with Gasteiger partial charge < -0.3 is 14.8 Å². The molecule has 0 atom stereocenters. The molecular formula is C19H18N4O4S. The van der Waals surface area contributed by atoms with E-state index in [0.29, 0.717) is 22.9 Å². The summed E-state index contributed by atoms with van der Waals surface area (Å²) in [5.74, 6) is 1.94. The fraction of sp³-hybridized carbons (Fsp3) is 0.158. The third kappa shape index (κ3) is 3.70. The summed E-state index contributed by atoms with van der Waals surface area (Å²) in [5, 5.41) is 11.1. The van der Waals surface area contributed by atoms with Gasteiger partial charge in [0, 0.05) is 11.8 Å². The first-order valence-electron chi connectivity index (χ1n) is 8.51. The van der Waals surface area contributed by atoms with Crippen LogP contribution in [0, 0.1) is 13.8 Å². The molecule has 144 valence electrons. The molecule has 0 fully saturated rings. The quantitative estimate of drug-likeness (QED) is 0.679. The van der Waals surface area contributed by atoms with Gasteiger partial charge in [-0.15, -0.1) is 10.2 Å². The fourth-order valence-corrected chi connectivity index (χ4v) is 4.09. The van der Waals surface area contributed by atoms with Crippen LogP contribution in [0.4, 0.5) is 17.3 Å². The summed E-state index contributed by atoms with van der Waals surface area (Å²) in [6.45, 7) is 3.87. The van der Waals surface area contributed by atoms with Crippen molar-refractivity contribution in [3.63, 3.8) is 0 Å². The Morgan fingerprint density at radius 1 is 0.893 bits per heavy atom. The normalized spacial score (nSPS) is 12.6. The lowest BCUT2D eigenvalue weighted by atomic mass is 10.2. The zero-order valence-corrected chi connectivity index (χ0v) is 16.1. The lowest BCUT2D eigenvalue weighted by molar-refractivity contribution is 0.174. The van der Waals surface area contributed by atoms with Crippen LogP contribution in [0.25, 0.3) is 0 Å². The van der Waals surface area contributed by atoms with Crippen LogP contribution in [-0.4, -0.2) is 25.4 Å². The minimum absolute atomic E-state index is 0.135. The highest BCUT2D eigenvalue weighted by molar-refractivity contribution is 7.92. The second kappa shape index (κ2) is 7.01. The van der Waals surface area contributed by atoms with Crippen molar-refractivity contribution in [3.05, 3.63) is 59.7 Å². The van der Waals surface area contributed by atoms with E-state index in [4.69, 9.17) is 9.47 Å². The third-order valence-electron chi connectivity index (χ3n) is 4.17. The average Bonchev–Trinajstić information content (AvgIpc) is 3.10. The fourth-order valence-electron chi connectivity index (χ4n) is 2.87. The Morgan fingerprint density at radius 2 is 1.64 bits per heavy atom. The van der Waals surface area contributed by atoms with Gasteiger partial charge in [0.2, 0.25) is 6.79 Å². The second-order valence-corrected chi connectivity index (χ2v) is 8.02. The van der Waals surface area contributed by atoms with Gasteiger partial charge in [0.15, 0.2) is 23.1 Å². The Morgan fingerprint density at radius 3 is 2.39 bits per heavy atom. The van der Waals surface area contributed by atoms with Crippen molar-refractivity contribution in [2.24, 2.45) is 0 Å². The number of aryl methyl sites for hydroxylation is 2. The number of nitrogens with one attached hydrogen (secondary N) is 2. The lowest BCUT2D eigenvalue weighted by Crippen LogP contribution is -2.15. The molecule has 28 heavy (non-hydrogen) atoms. The van der Waals surface area contributed by atoms with Gasteiger partial charge in [-0.3, -0.25) is 4.72 Å². The molecule has 1 aromatic heterocycles. The summed E-state index contributed by atoms with van der Waals surface area (Å²) in [6, 6.07) is 13.7. The molecule has 0 spiro atoms. The minimum Gasteiger partial charge on any atom is -0.454 e. The molecule has 0 unspecified atom stereocenters. The number of aromatic nitrogens is 2. The largest absolute Gasteiger partial charge is 0.454 e. The first-order valence-corrected chi connectivity index (χ1v) is 9.99. The molecule has 2 aromatic carbocycles. The van der Waals surface area contributed by atoms with Gasteiger partial charge in [-0.1, -0.05) is 17.7 Å². The van der Waals surface area contributed by atoms with E-state index in [0.717, 1.165) is 11.3 Å². The van der Waals surface area contributed by atoms with Crippen molar-refractivity contribution in [1.82, 2.24) is 10.2 Å². The SMILES string of the molecule is Cc1ccc(S(=O)(=O)Nc2ccc(Nc3ccc4c(c3)OCO4)nn2)c(C)c1. The smallest absolute Gasteiger partial charge is 0.263 e. The van der Waals surface area contributed by atoms with Gasteiger partial charge in [-0.2, -0.15) is 0 Å². The van der Waals surface area contributed by atoms with Crippen LogP contribution < -0.4 is 19.5 Å². The maximum Gasteiger partial charge on any atom is 0.263 e. The van der Waals surface area contributed by atoms with E-state index in [2.05, 4.69) is 20.2 Å². The number of rotatable bonds is 5. The third-order valence-corrected chi connectivity index (χ3v) is 5.68. The zero-order chi connectivity index (χ0) is 19.7. The van der Waals surface area contributed by atoms with Crippen LogP contribution >= 0.6 is 0 Å². The van der Waals surface area contributed by atoms with Gasteiger partial charge in [0.25, 0.3) is 10.0 Å². The van der Waals surface area contributed by atoms with E-state index >= 15 is 0 Å². The van der Waals surface area contributed by atoms with Crippen LogP contribution in [0.2, 0.25) is 0 Å². The maximum absolute atomic E-state index is 12.6. The first-order chi connectivity index (χ1) is 13.4. The van der Waals surface area contributed by atoms with Crippen LogP contribution in [0.5, 0.6) is 11.5 Å². The van der Waals surface area contributed by atoms with Crippen molar-refractivity contribution >= 4 is 27.3 Å². The van der Waals surface area contributed by atoms with E-state index in [1.807, 2.05) is 19.1 Å². The van der Waals surface area contributed by atoms with Crippen molar-refractivity contribution in [3.8, 4) is 11.5 Å². The molecule has 0 radical (unpaired) electrons. The number of anilines is 3. The Labute approximate surface area is 162 Å². The van der Waals surface area contributed by atoms with E-state index in [-0.39, 0.29) is 17.5 Å². The van der Waals surface area contributed by atoms with Crippen LogP contribution in [0.15, 0.2) is 53.4 Å². The molecule has 1 aliphatic heterocycles. The Bertz CT molecular complexity index is 1130. The molecule has 0 amide bonds. The topological polar surface area (TPSA) is 102 Å². The van der Waals surface area contributed by atoms with Crippen LogP contribution in [0.1, 0.15) is 11.1 Å². The molecule has 0 saturated carbocycles. The van der Waals surface area contributed by atoms with E-state index < -0.39 is 10.0 Å². The average molecular weight is 398 g/mol. The van der Waals surface area contributed by atoms with Crippen molar-refractivity contribution in [1.29, 1.82) is 0 Å². The number of sulfonamides is 1. The molecule has 0 bridgehead atoms. The molecule has 4 rings (SSSR count).